The first-order valence-electron chi connectivity index (χ1n) is 5.65. The van der Waals surface area contributed by atoms with Gasteiger partial charge in [0.05, 0.1) is 5.02 Å². The molecule has 16 heavy (non-hydrogen) atoms. The third kappa shape index (κ3) is 2.68. The van der Waals surface area contributed by atoms with Gasteiger partial charge in [-0.15, -0.1) is 11.6 Å². The predicted octanol–water partition coefficient (Wildman–Crippen LogP) is 3.38. The summed E-state index contributed by atoms with van der Waals surface area (Å²) in [7, 11) is 0. The molecule has 0 aromatic carbocycles. The summed E-state index contributed by atoms with van der Waals surface area (Å²) in [4.78, 5) is 3.98. The summed E-state index contributed by atoms with van der Waals surface area (Å²) in [6, 6.07) is 1.95. The Kier molecular flexibility index (Phi) is 4.06. The van der Waals surface area contributed by atoms with Gasteiger partial charge in [-0.2, -0.15) is 0 Å². The number of alkyl halides is 1. The summed E-state index contributed by atoms with van der Waals surface area (Å²) < 4.78 is 0. The molecule has 0 bridgehead atoms. The maximum Gasteiger partial charge on any atom is 0.0634 e. The van der Waals surface area contributed by atoms with E-state index < -0.39 is 0 Å². The number of halogens is 2. The summed E-state index contributed by atoms with van der Waals surface area (Å²) in [6.45, 7) is 0.772. The second-order valence-electron chi connectivity index (χ2n) is 4.44. The van der Waals surface area contributed by atoms with Gasteiger partial charge in [-0.05, 0) is 24.5 Å². The fourth-order valence-electron chi connectivity index (χ4n) is 2.24. The van der Waals surface area contributed by atoms with Crippen molar-refractivity contribution >= 4 is 23.2 Å². The average molecular weight is 259 g/mol. The molecule has 0 unspecified atom stereocenters. The first kappa shape index (κ1) is 12.2. The summed E-state index contributed by atoms with van der Waals surface area (Å²) >= 11 is 12.1. The highest BCUT2D eigenvalue weighted by atomic mass is 35.5. The number of nitrogens with zero attached hydrogens (tertiary/aromatic N) is 1. The molecule has 1 aliphatic rings. The van der Waals surface area contributed by atoms with E-state index in [-0.39, 0.29) is 5.54 Å². The van der Waals surface area contributed by atoms with Crippen molar-refractivity contribution in [3.63, 3.8) is 0 Å². The molecule has 0 atom stereocenters. The van der Waals surface area contributed by atoms with Gasteiger partial charge < -0.3 is 5.32 Å². The van der Waals surface area contributed by atoms with E-state index in [2.05, 4.69) is 10.3 Å². The molecule has 0 spiro atoms. The zero-order valence-electron chi connectivity index (χ0n) is 9.18. The molecule has 2 nitrogen and oxygen atoms in total. The van der Waals surface area contributed by atoms with Crippen molar-refractivity contribution in [3.05, 3.63) is 29.0 Å². The van der Waals surface area contributed by atoms with Crippen LogP contribution >= 0.6 is 23.2 Å². The minimum atomic E-state index is 0.119. The van der Waals surface area contributed by atoms with E-state index >= 15 is 0 Å². The standard InChI is InChI=1S/C12H16Cl2N2/c13-9-12(4-1-2-5-12)16-7-10-3-6-15-8-11(10)14/h3,6,8,16H,1-2,4-5,7,9H2. The van der Waals surface area contributed by atoms with E-state index in [1.807, 2.05) is 6.07 Å². The van der Waals surface area contributed by atoms with Gasteiger partial charge in [-0.1, -0.05) is 24.4 Å². The number of hydrogen-bond donors (Lipinski definition) is 1. The number of hydrogen-bond acceptors (Lipinski definition) is 2. The molecule has 0 amide bonds. The first-order chi connectivity index (χ1) is 7.76. The molecule has 1 saturated carbocycles. The lowest BCUT2D eigenvalue weighted by molar-refractivity contribution is 0.368. The second-order valence-corrected chi connectivity index (χ2v) is 5.12. The third-order valence-corrected chi connectivity index (χ3v) is 4.18. The zero-order valence-corrected chi connectivity index (χ0v) is 10.7. The van der Waals surface area contributed by atoms with Crippen molar-refractivity contribution in [3.8, 4) is 0 Å². The Bertz CT molecular complexity index is 349. The largest absolute Gasteiger partial charge is 0.306 e. The van der Waals surface area contributed by atoms with Gasteiger partial charge in [0, 0.05) is 30.4 Å². The van der Waals surface area contributed by atoms with Gasteiger partial charge >= 0.3 is 0 Å². The van der Waals surface area contributed by atoms with Crippen LogP contribution in [-0.2, 0) is 6.54 Å². The van der Waals surface area contributed by atoms with Crippen LogP contribution in [0.4, 0.5) is 0 Å². The highest BCUT2D eigenvalue weighted by molar-refractivity contribution is 6.31. The van der Waals surface area contributed by atoms with Gasteiger partial charge in [-0.3, -0.25) is 4.98 Å². The minimum absolute atomic E-state index is 0.119. The normalized spacial score (nSPS) is 18.9. The van der Waals surface area contributed by atoms with Crippen LogP contribution in [0.2, 0.25) is 5.02 Å². The lowest BCUT2D eigenvalue weighted by Gasteiger charge is -2.28. The quantitative estimate of drug-likeness (QED) is 0.838. The maximum absolute atomic E-state index is 6.06. The lowest BCUT2D eigenvalue weighted by atomic mass is 10.00. The monoisotopic (exact) mass is 258 g/mol. The van der Waals surface area contributed by atoms with E-state index in [0.717, 1.165) is 17.1 Å². The summed E-state index contributed by atoms with van der Waals surface area (Å²) in [6.07, 6.45) is 8.32. The summed E-state index contributed by atoms with van der Waals surface area (Å²) in [5.41, 5.74) is 1.21. The fourth-order valence-corrected chi connectivity index (χ4v) is 2.79. The highest BCUT2D eigenvalue weighted by Crippen LogP contribution is 2.31. The number of rotatable bonds is 4. The van der Waals surface area contributed by atoms with Gasteiger partial charge in [0.25, 0.3) is 0 Å². The second kappa shape index (κ2) is 5.35. The van der Waals surface area contributed by atoms with E-state index in [0.29, 0.717) is 5.88 Å². The number of pyridine rings is 1. The van der Waals surface area contributed by atoms with Crippen molar-refractivity contribution in [2.75, 3.05) is 5.88 Å². The molecule has 88 valence electrons. The smallest absolute Gasteiger partial charge is 0.0634 e. The van der Waals surface area contributed by atoms with Crippen LogP contribution in [0.15, 0.2) is 18.5 Å². The topological polar surface area (TPSA) is 24.9 Å². The van der Waals surface area contributed by atoms with Crippen molar-refractivity contribution in [2.45, 2.75) is 37.8 Å². The Labute approximate surface area is 106 Å². The van der Waals surface area contributed by atoms with Crippen LogP contribution < -0.4 is 5.32 Å². The molecule has 4 heteroatoms. The maximum atomic E-state index is 6.06. The van der Waals surface area contributed by atoms with Gasteiger partial charge in [-0.25, -0.2) is 0 Å². The van der Waals surface area contributed by atoms with Gasteiger partial charge in [0.1, 0.15) is 0 Å². The van der Waals surface area contributed by atoms with E-state index in [4.69, 9.17) is 23.2 Å². The van der Waals surface area contributed by atoms with Crippen LogP contribution in [-0.4, -0.2) is 16.4 Å². The SMILES string of the molecule is ClCC1(NCc2ccncc2Cl)CCCC1. The van der Waals surface area contributed by atoms with Crippen LogP contribution in [0.1, 0.15) is 31.2 Å². The first-order valence-corrected chi connectivity index (χ1v) is 6.56. The average Bonchev–Trinajstić information content (AvgIpc) is 2.78. The molecule has 1 aromatic heterocycles. The molecular formula is C12H16Cl2N2. The number of aromatic nitrogens is 1. The molecular weight excluding hydrogens is 243 g/mol. The molecule has 1 N–H and O–H groups in total. The third-order valence-electron chi connectivity index (χ3n) is 3.33. The van der Waals surface area contributed by atoms with Crippen molar-refractivity contribution < 1.29 is 0 Å². The van der Waals surface area contributed by atoms with Crippen LogP contribution in [0, 0.1) is 0 Å². The van der Waals surface area contributed by atoms with Crippen molar-refractivity contribution in [2.24, 2.45) is 0 Å². The Morgan fingerprint density at radius 1 is 1.38 bits per heavy atom. The molecule has 0 radical (unpaired) electrons. The van der Waals surface area contributed by atoms with Crippen molar-refractivity contribution in [1.29, 1.82) is 0 Å². The highest BCUT2D eigenvalue weighted by Gasteiger charge is 2.32. The lowest BCUT2D eigenvalue weighted by Crippen LogP contribution is -2.43. The van der Waals surface area contributed by atoms with Crippen LogP contribution in [0.3, 0.4) is 0 Å². The molecule has 0 saturated heterocycles. The molecule has 1 aliphatic carbocycles. The molecule has 1 aromatic rings. The Balaban J connectivity index is 1.98. The van der Waals surface area contributed by atoms with E-state index in [1.54, 1.807) is 12.4 Å². The Morgan fingerprint density at radius 3 is 2.75 bits per heavy atom. The number of nitrogens with one attached hydrogen (secondary N) is 1. The van der Waals surface area contributed by atoms with Gasteiger partial charge in [0.2, 0.25) is 0 Å². The van der Waals surface area contributed by atoms with Gasteiger partial charge in [0.15, 0.2) is 0 Å². The van der Waals surface area contributed by atoms with Crippen LogP contribution in [0.5, 0.6) is 0 Å². The predicted molar refractivity (Wildman–Crippen MR) is 68.0 cm³/mol. The Morgan fingerprint density at radius 2 is 2.12 bits per heavy atom. The molecule has 1 heterocycles. The van der Waals surface area contributed by atoms with Crippen LogP contribution in [0.25, 0.3) is 0 Å². The molecule has 0 aliphatic heterocycles. The molecule has 2 rings (SSSR count). The van der Waals surface area contributed by atoms with Crippen molar-refractivity contribution in [1.82, 2.24) is 10.3 Å². The summed E-state index contributed by atoms with van der Waals surface area (Å²) in [5.74, 6) is 0.676. The Hall–Kier alpha value is -0.310. The van der Waals surface area contributed by atoms with E-state index in [1.165, 1.54) is 25.7 Å². The summed E-state index contributed by atoms with van der Waals surface area (Å²) in [5, 5.41) is 4.28. The van der Waals surface area contributed by atoms with E-state index in [9.17, 15) is 0 Å². The zero-order chi connectivity index (χ0) is 11.4. The fraction of sp³-hybridized carbons (Fsp3) is 0.583. The minimum Gasteiger partial charge on any atom is -0.306 e. The molecule has 1 fully saturated rings.